The summed E-state index contributed by atoms with van der Waals surface area (Å²) in [7, 11) is 0. The predicted molar refractivity (Wildman–Crippen MR) is 98.1 cm³/mol. The van der Waals surface area contributed by atoms with E-state index in [1.165, 1.54) is 6.33 Å². The van der Waals surface area contributed by atoms with Crippen LogP contribution < -0.4 is 10.1 Å². The fraction of sp³-hybridized carbons (Fsp3) is 0.368. The fourth-order valence-corrected chi connectivity index (χ4v) is 2.85. The summed E-state index contributed by atoms with van der Waals surface area (Å²) >= 11 is 0. The number of aryl methyl sites for hydroxylation is 2. The second-order valence-electron chi connectivity index (χ2n) is 6.10. The van der Waals surface area contributed by atoms with Crippen molar-refractivity contribution in [2.24, 2.45) is 0 Å². The van der Waals surface area contributed by atoms with Gasteiger partial charge in [-0.25, -0.2) is 9.50 Å². The molecule has 0 atom stereocenters. The Labute approximate surface area is 152 Å². The first-order chi connectivity index (χ1) is 12.6. The zero-order valence-electron chi connectivity index (χ0n) is 15.1. The molecule has 7 nitrogen and oxygen atoms in total. The molecule has 136 valence electrons. The van der Waals surface area contributed by atoms with Crippen LogP contribution >= 0.6 is 0 Å². The van der Waals surface area contributed by atoms with E-state index in [2.05, 4.69) is 20.4 Å². The zero-order chi connectivity index (χ0) is 18.4. The van der Waals surface area contributed by atoms with Gasteiger partial charge in [-0.15, -0.1) is 0 Å². The normalized spacial score (nSPS) is 10.8. The third-order valence-corrected chi connectivity index (χ3v) is 4.25. The van der Waals surface area contributed by atoms with E-state index in [0.29, 0.717) is 31.8 Å². The van der Waals surface area contributed by atoms with Crippen LogP contribution in [-0.4, -0.2) is 38.6 Å². The van der Waals surface area contributed by atoms with Gasteiger partial charge in [-0.2, -0.15) is 10.1 Å². The highest BCUT2D eigenvalue weighted by atomic mass is 16.5. The molecule has 0 aliphatic heterocycles. The molecule has 0 fully saturated rings. The number of carbonyl (C=O) groups is 1. The standard InChI is InChI=1S/C19H23N5O2/c1-14-17(15(2)24-19(23-14)21-13-22-24)9-10-18(25)20-11-6-12-26-16-7-4-3-5-8-16/h3-5,7-8,13H,6,9-12H2,1-2H3,(H,20,25). The summed E-state index contributed by atoms with van der Waals surface area (Å²) in [6.07, 6.45) is 3.31. The summed E-state index contributed by atoms with van der Waals surface area (Å²) in [4.78, 5) is 20.6. The number of nitrogens with zero attached hydrogens (tertiary/aromatic N) is 4. The number of hydrogen-bond acceptors (Lipinski definition) is 5. The number of para-hydroxylation sites is 1. The molecule has 0 spiro atoms. The Morgan fingerprint density at radius 1 is 1.23 bits per heavy atom. The Hall–Kier alpha value is -2.96. The Morgan fingerprint density at radius 3 is 2.85 bits per heavy atom. The molecule has 0 unspecified atom stereocenters. The van der Waals surface area contributed by atoms with Gasteiger partial charge in [-0.05, 0) is 44.4 Å². The lowest BCUT2D eigenvalue weighted by atomic mass is 10.1. The maximum Gasteiger partial charge on any atom is 0.252 e. The highest BCUT2D eigenvalue weighted by Crippen LogP contribution is 2.14. The first-order valence-corrected chi connectivity index (χ1v) is 8.75. The smallest absolute Gasteiger partial charge is 0.252 e. The summed E-state index contributed by atoms with van der Waals surface area (Å²) in [5, 5.41) is 7.11. The number of amides is 1. The second kappa shape index (κ2) is 8.42. The van der Waals surface area contributed by atoms with E-state index < -0.39 is 0 Å². The summed E-state index contributed by atoms with van der Waals surface area (Å²) < 4.78 is 7.32. The quantitative estimate of drug-likeness (QED) is 0.628. The van der Waals surface area contributed by atoms with Gasteiger partial charge in [-0.1, -0.05) is 18.2 Å². The van der Waals surface area contributed by atoms with Crippen LogP contribution in [0.2, 0.25) is 0 Å². The largest absolute Gasteiger partial charge is 0.494 e. The summed E-state index contributed by atoms with van der Waals surface area (Å²) in [6, 6.07) is 9.67. The van der Waals surface area contributed by atoms with Gasteiger partial charge in [-0.3, -0.25) is 4.79 Å². The van der Waals surface area contributed by atoms with E-state index in [1.807, 2.05) is 44.2 Å². The number of rotatable bonds is 8. The Kier molecular flexibility index (Phi) is 5.78. The van der Waals surface area contributed by atoms with Crippen molar-refractivity contribution in [2.75, 3.05) is 13.2 Å². The third-order valence-electron chi connectivity index (χ3n) is 4.25. The minimum atomic E-state index is 0.0298. The van der Waals surface area contributed by atoms with Gasteiger partial charge < -0.3 is 10.1 Å². The number of aromatic nitrogens is 4. The molecule has 26 heavy (non-hydrogen) atoms. The second-order valence-corrected chi connectivity index (χ2v) is 6.10. The first-order valence-electron chi connectivity index (χ1n) is 8.75. The molecule has 1 N–H and O–H groups in total. The highest BCUT2D eigenvalue weighted by molar-refractivity contribution is 5.76. The maximum atomic E-state index is 12.1. The van der Waals surface area contributed by atoms with Crippen LogP contribution in [0, 0.1) is 13.8 Å². The SMILES string of the molecule is Cc1nc2ncnn2c(C)c1CCC(=O)NCCCOc1ccccc1. The molecule has 0 saturated heterocycles. The highest BCUT2D eigenvalue weighted by Gasteiger charge is 2.12. The fourth-order valence-electron chi connectivity index (χ4n) is 2.85. The van der Waals surface area contributed by atoms with Crippen molar-refractivity contribution in [1.29, 1.82) is 0 Å². The molecule has 1 aromatic carbocycles. The molecule has 0 radical (unpaired) electrons. The van der Waals surface area contributed by atoms with Crippen molar-refractivity contribution in [3.8, 4) is 5.75 Å². The van der Waals surface area contributed by atoms with Gasteiger partial charge in [0.15, 0.2) is 0 Å². The van der Waals surface area contributed by atoms with Gasteiger partial charge in [0.1, 0.15) is 12.1 Å². The number of benzene rings is 1. The van der Waals surface area contributed by atoms with Crippen LogP contribution in [0.1, 0.15) is 29.8 Å². The van der Waals surface area contributed by atoms with Gasteiger partial charge in [0.25, 0.3) is 5.78 Å². The van der Waals surface area contributed by atoms with Crippen molar-refractivity contribution in [3.63, 3.8) is 0 Å². The number of nitrogens with one attached hydrogen (secondary N) is 1. The first kappa shape index (κ1) is 17.8. The lowest BCUT2D eigenvalue weighted by Gasteiger charge is -2.11. The molecular formula is C19H23N5O2. The average Bonchev–Trinajstić information content (AvgIpc) is 3.10. The summed E-state index contributed by atoms with van der Waals surface area (Å²) in [5.74, 6) is 1.47. The van der Waals surface area contributed by atoms with E-state index in [-0.39, 0.29) is 5.91 Å². The van der Waals surface area contributed by atoms with E-state index in [1.54, 1.807) is 4.52 Å². The molecule has 1 amide bonds. The van der Waals surface area contributed by atoms with Gasteiger partial charge in [0.2, 0.25) is 5.91 Å². The van der Waals surface area contributed by atoms with E-state index in [4.69, 9.17) is 4.74 Å². The van der Waals surface area contributed by atoms with Gasteiger partial charge in [0.05, 0.1) is 6.61 Å². The predicted octanol–water partition coefficient (Wildman–Crippen LogP) is 2.26. The van der Waals surface area contributed by atoms with Crippen LogP contribution in [0.3, 0.4) is 0 Å². The van der Waals surface area contributed by atoms with Crippen molar-refractivity contribution in [2.45, 2.75) is 33.1 Å². The number of ether oxygens (including phenoxy) is 1. The lowest BCUT2D eigenvalue weighted by Crippen LogP contribution is -2.26. The van der Waals surface area contributed by atoms with E-state index in [0.717, 1.165) is 29.1 Å². The Balaban J connectivity index is 1.42. The average molecular weight is 353 g/mol. The number of fused-ring (bicyclic) bond motifs is 1. The lowest BCUT2D eigenvalue weighted by molar-refractivity contribution is -0.121. The topological polar surface area (TPSA) is 81.4 Å². The molecule has 3 rings (SSSR count). The Bertz CT molecular complexity index is 876. The monoisotopic (exact) mass is 353 g/mol. The molecule has 0 saturated carbocycles. The number of hydrogen-bond donors (Lipinski definition) is 1. The zero-order valence-corrected chi connectivity index (χ0v) is 15.1. The molecule has 0 bridgehead atoms. The van der Waals surface area contributed by atoms with Gasteiger partial charge >= 0.3 is 0 Å². The number of carbonyl (C=O) groups excluding carboxylic acids is 1. The Morgan fingerprint density at radius 2 is 2.04 bits per heavy atom. The maximum absolute atomic E-state index is 12.1. The molecule has 2 heterocycles. The molecule has 0 aliphatic rings. The minimum Gasteiger partial charge on any atom is -0.494 e. The molecule has 2 aromatic heterocycles. The van der Waals surface area contributed by atoms with Crippen molar-refractivity contribution in [1.82, 2.24) is 24.9 Å². The van der Waals surface area contributed by atoms with Crippen molar-refractivity contribution < 1.29 is 9.53 Å². The minimum absolute atomic E-state index is 0.0298. The van der Waals surface area contributed by atoms with Crippen LogP contribution in [-0.2, 0) is 11.2 Å². The molecular weight excluding hydrogens is 330 g/mol. The van der Waals surface area contributed by atoms with Crippen LogP contribution in [0.15, 0.2) is 36.7 Å². The van der Waals surface area contributed by atoms with Crippen LogP contribution in [0.5, 0.6) is 5.75 Å². The van der Waals surface area contributed by atoms with Crippen molar-refractivity contribution in [3.05, 3.63) is 53.6 Å². The van der Waals surface area contributed by atoms with E-state index >= 15 is 0 Å². The summed E-state index contributed by atoms with van der Waals surface area (Å²) in [6.45, 7) is 5.10. The third kappa shape index (κ3) is 4.36. The summed E-state index contributed by atoms with van der Waals surface area (Å²) in [5.41, 5.74) is 2.92. The van der Waals surface area contributed by atoms with E-state index in [9.17, 15) is 4.79 Å². The molecule has 3 aromatic rings. The van der Waals surface area contributed by atoms with Crippen LogP contribution in [0.25, 0.3) is 5.78 Å². The van der Waals surface area contributed by atoms with Gasteiger partial charge in [0, 0.05) is 24.4 Å². The van der Waals surface area contributed by atoms with Crippen molar-refractivity contribution >= 4 is 11.7 Å². The molecule has 0 aliphatic carbocycles. The molecule has 7 heteroatoms. The van der Waals surface area contributed by atoms with Crippen LogP contribution in [0.4, 0.5) is 0 Å².